The van der Waals surface area contributed by atoms with Crippen LogP contribution >= 0.6 is 11.8 Å². The molecule has 2 aromatic rings. The number of rotatable bonds is 6. The molecule has 1 fully saturated rings. The molecule has 1 aromatic heterocycles. The third-order valence-electron chi connectivity index (χ3n) is 4.66. The molecule has 0 bridgehead atoms. The van der Waals surface area contributed by atoms with Crippen molar-refractivity contribution in [1.29, 1.82) is 0 Å². The first kappa shape index (κ1) is 18.1. The molecule has 134 valence electrons. The van der Waals surface area contributed by atoms with E-state index in [1.807, 2.05) is 11.6 Å². The number of likely N-dealkylation sites (tertiary alicyclic amines) is 1. The summed E-state index contributed by atoms with van der Waals surface area (Å²) in [7, 11) is 1.94. The number of carbonyl (C=O) groups is 1. The van der Waals surface area contributed by atoms with Crippen LogP contribution in [0.25, 0.3) is 0 Å². The highest BCUT2D eigenvalue weighted by Crippen LogP contribution is 2.21. The minimum Gasteiger partial charge on any atom is -0.308 e. The molecule has 5 nitrogen and oxygen atoms in total. The third kappa shape index (κ3) is 4.67. The Labute approximate surface area is 151 Å². The summed E-state index contributed by atoms with van der Waals surface area (Å²) in [5, 5.41) is 9.23. The summed E-state index contributed by atoms with van der Waals surface area (Å²) in [6, 6.07) is 5.63. The van der Waals surface area contributed by atoms with Crippen molar-refractivity contribution in [2.24, 2.45) is 13.0 Å². The Balaban J connectivity index is 1.56. The van der Waals surface area contributed by atoms with Gasteiger partial charge in [-0.1, -0.05) is 18.7 Å². The van der Waals surface area contributed by atoms with Crippen molar-refractivity contribution < 1.29 is 9.18 Å². The minimum atomic E-state index is -0.339. The Morgan fingerprint density at radius 2 is 1.92 bits per heavy atom. The van der Waals surface area contributed by atoms with E-state index in [1.165, 1.54) is 48.9 Å². The molecular weight excluding hydrogens is 339 g/mol. The van der Waals surface area contributed by atoms with Gasteiger partial charge in [-0.05, 0) is 56.1 Å². The van der Waals surface area contributed by atoms with Gasteiger partial charge >= 0.3 is 0 Å². The molecule has 0 amide bonds. The lowest BCUT2D eigenvalue weighted by atomic mass is 9.99. The van der Waals surface area contributed by atoms with Crippen LogP contribution in [0.4, 0.5) is 4.39 Å². The Morgan fingerprint density at radius 1 is 1.24 bits per heavy atom. The van der Waals surface area contributed by atoms with E-state index in [9.17, 15) is 9.18 Å². The van der Waals surface area contributed by atoms with Crippen molar-refractivity contribution in [3.63, 3.8) is 0 Å². The highest BCUT2D eigenvalue weighted by Gasteiger charge is 2.19. The predicted octanol–water partition coefficient (Wildman–Crippen LogP) is 3.16. The van der Waals surface area contributed by atoms with E-state index in [0.29, 0.717) is 5.56 Å². The summed E-state index contributed by atoms with van der Waals surface area (Å²) in [4.78, 5) is 14.6. The molecule has 25 heavy (non-hydrogen) atoms. The van der Waals surface area contributed by atoms with Crippen LogP contribution in [0, 0.1) is 11.7 Å². The highest BCUT2D eigenvalue weighted by atomic mass is 32.2. The molecule has 1 saturated heterocycles. The number of halogens is 1. The average Bonchev–Trinajstić information content (AvgIpc) is 2.95. The van der Waals surface area contributed by atoms with Gasteiger partial charge in [-0.25, -0.2) is 4.39 Å². The van der Waals surface area contributed by atoms with E-state index >= 15 is 0 Å². The molecule has 0 N–H and O–H groups in total. The fraction of sp³-hybridized carbons (Fsp3) is 0.500. The van der Waals surface area contributed by atoms with Crippen molar-refractivity contribution in [3.05, 3.63) is 41.5 Å². The molecule has 0 spiro atoms. The first-order valence-corrected chi connectivity index (χ1v) is 9.53. The Morgan fingerprint density at radius 3 is 2.60 bits per heavy atom. The standard InChI is InChI=1S/C18H23FN4OS/c1-13-7-9-23(10-8-13)11-17-20-21-18(22(17)2)25-12-16(24)14-3-5-15(19)6-4-14/h3-6,13H,7-12H2,1-2H3. The number of nitrogens with zero attached hydrogens (tertiary/aromatic N) is 4. The topological polar surface area (TPSA) is 51.0 Å². The van der Waals surface area contributed by atoms with E-state index in [2.05, 4.69) is 22.0 Å². The predicted molar refractivity (Wildman–Crippen MR) is 96.1 cm³/mol. The Kier molecular flexibility index (Phi) is 5.86. The summed E-state index contributed by atoms with van der Waals surface area (Å²) < 4.78 is 14.9. The summed E-state index contributed by atoms with van der Waals surface area (Å²) in [6.07, 6.45) is 2.46. The molecule has 1 aliphatic rings. The van der Waals surface area contributed by atoms with Gasteiger partial charge in [0, 0.05) is 12.6 Å². The van der Waals surface area contributed by atoms with Crippen molar-refractivity contribution >= 4 is 17.5 Å². The van der Waals surface area contributed by atoms with Gasteiger partial charge in [-0.3, -0.25) is 9.69 Å². The zero-order valence-corrected chi connectivity index (χ0v) is 15.4. The van der Waals surface area contributed by atoms with Gasteiger partial charge in [-0.2, -0.15) is 0 Å². The molecule has 0 unspecified atom stereocenters. The van der Waals surface area contributed by atoms with E-state index in [0.717, 1.165) is 36.5 Å². The van der Waals surface area contributed by atoms with Crippen LogP contribution in [-0.2, 0) is 13.6 Å². The molecule has 1 aromatic carbocycles. The van der Waals surface area contributed by atoms with Gasteiger partial charge in [0.2, 0.25) is 0 Å². The number of hydrogen-bond donors (Lipinski definition) is 0. The lowest BCUT2D eigenvalue weighted by Crippen LogP contribution is -2.33. The molecule has 3 rings (SSSR count). The maximum atomic E-state index is 12.9. The number of thioether (sulfide) groups is 1. The second-order valence-electron chi connectivity index (χ2n) is 6.64. The largest absolute Gasteiger partial charge is 0.308 e. The van der Waals surface area contributed by atoms with Crippen LogP contribution in [0.15, 0.2) is 29.4 Å². The van der Waals surface area contributed by atoms with E-state index in [1.54, 1.807) is 0 Å². The van der Waals surface area contributed by atoms with E-state index in [-0.39, 0.29) is 17.4 Å². The molecule has 0 saturated carbocycles. The number of hydrogen-bond acceptors (Lipinski definition) is 5. The fourth-order valence-corrected chi connectivity index (χ4v) is 3.70. The van der Waals surface area contributed by atoms with E-state index < -0.39 is 0 Å². The van der Waals surface area contributed by atoms with Crippen molar-refractivity contribution in [2.45, 2.75) is 31.5 Å². The van der Waals surface area contributed by atoms with Crippen LogP contribution in [0.1, 0.15) is 35.9 Å². The van der Waals surface area contributed by atoms with Crippen LogP contribution in [0.5, 0.6) is 0 Å². The van der Waals surface area contributed by atoms with Crippen LogP contribution in [0.3, 0.4) is 0 Å². The number of carbonyl (C=O) groups excluding carboxylic acids is 1. The zero-order chi connectivity index (χ0) is 17.8. The quantitative estimate of drug-likeness (QED) is 0.584. The normalized spacial score (nSPS) is 16.3. The summed E-state index contributed by atoms with van der Waals surface area (Å²) in [6.45, 7) is 5.29. The number of Topliss-reactive ketones (excluding diaryl/α,β-unsaturated/α-hetero) is 1. The van der Waals surface area contributed by atoms with Crippen LogP contribution in [0.2, 0.25) is 0 Å². The second-order valence-corrected chi connectivity index (χ2v) is 7.58. The summed E-state index contributed by atoms with van der Waals surface area (Å²) >= 11 is 1.36. The smallest absolute Gasteiger partial charge is 0.191 e. The van der Waals surface area contributed by atoms with Gasteiger partial charge in [-0.15, -0.1) is 10.2 Å². The lowest BCUT2D eigenvalue weighted by molar-refractivity contribution is 0.102. The van der Waals surface area contributed by atoms with Gasteiger partial charge in [0.15, 0.2) is 10.9 Å². The maximum absolute atomic E-state index is 12.9. The zero-order valence-electron chi connectivity index (χ0n) is 14.6. The number of ketones is 1. The van der Waals surface area contributed by atoms with Gasteiger partial charge in [0.25, 0.3) is 0 Å². The number of piperidine rings is 1. The highest BCUT2D eigenvalue weighted by molar-refractivity contribution is 7.99. The van der Waals surface area contributed by atoms with Crippen LogP contribution < -0.4 is 0 Å². The summed E-state index contributed by atoms with van der Waals surface area (Å²) in [5.74, 6) is 1.61. The van der Waals surface area contributed by atoms with Gasteiger partial charge in [0.05, 0.1) is 12.3 Å². The third-order valence-corrected chi connectivity index (χ3v) is 5.69. The number of benzene rings is 1. The van der Waals surface area contributed by atoms with Crippen molar-refractivity contribution in [1.82, 2.24) is 19.7 Å². The molecule has 0 aliphatic carbocycles. The molecule has 1 aliphatic heterocycles. The first-order chi connectivity index (χ1) is 12.0. The fourth-order valence-electron chi connectivity index (χ4n) is 2.88. The van der Waals surface area contributed by atoms with Gasteiger partial charge in [0.1, 0.15) is 11.6 Å². The Hall–Kier alpha value is -1.73. The SMILES string of the molecule is CC1CCN(Cc2nnc(SCC(=O)c3ccc(F)cc3)n2C)CC1. The monoisotopic (exact) mass is 362 g/mol. The maximum Gasteiger partial charge on any atom is 0.191 e. The lowest BCUT2D eigenvalue weighted by Gasteiger charge is -2.29. The van der Waals surface area contributed by atoms with Crippen molar-refractivity contribution in [2.75, 3.05) is 18.8 Å². The van der Waals surface area contributed by atoms with E-state index in [4.69, 9.17) is 0 Å². The molecular formula is C18H23FN4OS. The van der Waals surface area contributed by atoms with Crippen LogP contribution in [-0.4, -0.2) is 44.3 Å². The molecule has 2 heterocycles. The molecule has 0 radical (unpaired) electrons. The summed E-state index contributed by atoms with van der Waals surface area (Å²) in [5.41, 5.74) is 0.513. The Bertz CT molecular complexity index is 723. The minimum absolute atomic E-state index is 0.0421. The number of aromatic nitrogens is 3. The molecule has 7 heteroatoms. The average molecular weight is 362 g/mol. The second kappa shape index (κ2) is 8.10. The first-order valence-electron chi connectivity index (χ1n) is 8.55. The molecule has 0 atom stereocenters. The van der Waals surface area contributed by atoms with Gasteiger partial charge < -0.3 is 4.57 Å². The van der Waals surface area contributed by atoms with Crippen molar-refractivity contribution in [3.8, 4) is 0 Å².